The maximum Gasteiger partial charge on any atom is 0.264 e. The van der Waals surface area contributed by atoms with Crippen molar-refractivity contribution < 1.29 is 12.9 Å². The van der Waals surface area contributed by atoms with Gasteiger partial charge < -0.3 is 9.84 Å². The predicted octanol–water partition coefficient (Wildman–Crippen LogP) is 1.89. The third-order valence-electron chi connectivity index (χ3n) is 2.68. The van der Waals surface area contributed by atoms with Crippen molar-refractivity contribution in [2.45, 2.75) is 25.3 Å². The van der Waals surface area contributed by atoms with E-state index in [4.69, 9.17) is 4.52 Å². The molecule has 0 spiro atoms. The van der Waals surface area contributed by atoms with Gasteiger partial charge in [-0.25, -0.2) is 13.1 Å². The van der Waals surface area contributed by atoms with Crippen LogP contribution in [0.1, 0.15) is 18.2 Å². The summed E-state index contributed by atoms with van der Waals surface area (Å²) in [6.45, 7) is 5.32. The van der Waals surface area contributed by atoms with E-state index in [0.29, 0.717) is 12.2 Å². The van der Waals surface area contributed by atoms with Gasteiger partial charge in [0.25, 0.3) is 10.0 Å². The van der Waals surface area contributed by atoms with Gasteiger partial charge in [0.1, 0.15) is 0 Å². The highest BCUT2D eigenvalue weighted by Gasteiger charge is 2.16. The van der Waals surface area contributed by atoms with Gasteiger partial charge in [0.05, 0.1) is 10.6 Å². The fraction of sp³-hybridized carbons (Fsp3) is 0.308. The van der Waals surface area contributed by atoms with E-state index in [9.17, 15) is 8.42 Å². The second-order valence-corrected chi connectivity index (χ2v) is 6.04. The standard InChI is InChI=1S/C13H17N3O3S/c1-3-14-9-11-4-6-12(7-5-11)20(17,18)16-13-8-10(2)15-19-13/h4-8,14,16H,3,9H2,1-2H3. The number of aryl methyl sites for hydroxylation is 1. The number of hydrogen-bond acceptors (Lipinski definition) is 5. The number of hydrogen-bond donors (Lipinski definition) is 2. The summed E-state index contributed by atoms with van der Waals surface area (Å²) < 4.78 is 31.4. The Bertz CT molecular complexity index is 662. The minimum absolute atomic E-state index is 0.110. The Balaban J connectivity index is 2.13. The van der Waals surface area contributed by atoms with Crippen LogP contribution in [0.5, 0.6) is 0 Å². The van der Waals surface area contributed by atoms with Crippen LogP contribution >= 0.6 is 0 Å². The van der Waals surface area contributed by atoms with E-state index in [-0.39, 0.29) is 10.8 Å². The lowest BCUT2D eigenvalue weighted by atomic mass is 10.2. The molecule has 0 amide bonds. The largest absolute Gasteiger partial charge is 0.338 e. The second-order valence-electron chi connectivity index (χ2n) is 4.36. The van der Waals surface area contributed by atoms with Crippen molar-refractivity contribution in [2.24, 2.45) is 0 Å². The normalized spacial score (nSPS) is 11.5. The Labute approximate surface area is 118 Å². The Morgan fingerprint density at radius 3 is 2.50 bits per heavy atom. The molecule has 2 rings (SSSR count). The van der Waals surface area contributed by atoms with Crippen molar-refractivity contribution in [1.29, 1.82) is 0 Å². The molecule has 20 heavy (non-hydrogen) atoms. The third kappa shape index (κ3) is 3.58. The molecule has 0 atom stereocenters. The van der Waals surface area contributed by atoms with Crippen LogP contribution in [0.15, 0.2) is 39.8 Å². The maximum atomic E-state index is 12.1. The van der Waals surface area contributed by atoms with Crippen LogP contribution in [0, 0.1) is 6.92 Å². The van der Waals surface area contributed by atoms with Gasteiger partial charge in [0.15, 0.2) is 0 Å². The Morgan fingerprint density at radius 1 is 1.25 bits per heavy atom. The minimum atomic E-state index is -3.64. The molecule has 0 bridgehead atoms. The van der Waals surface area contributed by atoms with Crippen LogP contribution in [0.2, 0.25) is 0 Å². The van der Waals surface area contributed by atoms with Gasteiger partial charge >= 0.3 is 0 Å². The van der Waals surface area contributed by atoms with Crippen molar-refractivity contribution >= 4 is 15.9 Å². The number of nitrogens with one attached hydrogen (secondary N) is 2. The van der Waals surface area contributed by atoms with E-state index in [1.807, 2.05) is 6.92 Å². The first-order valence-corrected chi connectivity index (χ1v) is 7.75. The number of rotatable bonds is 6. The molecule has 1 heterocycles. The highest BCUT2D eigenvalue weighted by atomic mass is 32.2. The quantitative estimate of drug-likeness (QED) is 0.850. The SMILES string of the molecule is CCNCc1ccc(S(=O)(=O)Nc2cc(C)no2)cc1. The van der Waals surface area contributed by atoms with Crippen molar-refractivity contribution in [3.8, 4) is 0 Å². The molecule has 108 valence electrons. The van der Waals surface area contributed by atoms with E-state index in [1.54, 1.807) is 31.2 Å². The van der Waals surface area contributed by atoms with Gasteiger partial charge in [-0.05, 0) is 31.2 Å². The average molecular weight is 295 g/mol. The van der Waals surface area contributed by atoms with E-state index >= 15 is 0 Å². The molecule has 0 aliphatic heterocycles. The number of aromatic nitrogens is 1. The van der Waals surface area contributed by atoms with E-state index < -0.39 is 10.0 Å². The molecular formula is C13H17N3O3S. The molecule has 2 N–H and O–H groups in total. The summed E-state index contributed by atoms with van der Waals surface area (Å²) in [5, 5.41) is 6.81. The second kappa shape index (κ2) is 6.06. The Kier molecular flexibility index (Phi) is 4.41. The molecule has 0 aliphatic rings. The van der Waals surface area contributed by atoms with Crippen molar-refractivity contribution in [3.05, 3.63) is 41.6 Å². The molecule has 0 aliphatic carbocycles. The summed E-state index contributed by atoms with van der Waals surface area (Å²) in [6.07, 6.45) is 0. The zero-order valence-corrected chi connectivity index (χ0v) is 12.2. The number of anilines is 1. The smallest absolute Gasteiger partial charge is 0.264 e. The van der Waals surface area contributed by atoms with Gasteiger partial charge in [-0.1, -0.05) is 24.2 Å². The zero-order chi connectivity index (χ0) is 14.6. The van der Waals surface area contributed by atoms with Crippen molar-refractivity contribution in [2.75, 3.05) is 11.3 Å². The lowest BCUT2D eigenvalue weighted by Crippen LogP contribution is -2.14. The van der Waals surface area contributed by atoms with Crippen LogP contribution in [0.25, 0.3) is 0 Å². The van der Waals surface area contributed by atoms with E-state index in [0.717, 1.165) is 12.1 Å². The van der Waals surface area contributed by atoms with Crippen molar-refractivity contribution in [1.82, 2.24) is 10.5 Å². The fourth-order valence-electron chi connectivity index (χ4n) is 1.66. The summed E-state index contributed by atoms with van der Waals surface area (Å²) in [6, 6.07) is 8.22. The molecule has 0 saturated carbocycles. The summed E-state index contributed by atoms with van der Waals surface area (Å²) >= 11 is 0. The molecule has 1 aromatic carbocycles. The summed E-state index contributed by atoms with van der Waals surface area (Å²) in [5.74, 6) is 0.110. The summed E-state index contributed by atoms with van der Waals surface area (Å²) in [5.41, 5.74) is 1.64. The van der Waals surface area contributed by atoms with Gasteiger partial charge in [-0.2, -0.15) is 0 Å². The molecular weight excluding hydrogens is 278 g/mol. The number of sulfonamides is 1. The highest BCUT2D eigenvalue weighted by Crippen LogP contribution is 2.17. The zero-order valence-electron chi connectivity index (χ0n) is 11.4. The van der Waals surface area contributed by atoms with Crippen LogP contribution in [0.3, 0.4) is 0 Å². The molecule has 0 fully saturated rings. The molecule has 0 saturated heterocycles. The molecule has 6 nitrogen and oxygen atoms in total. The van der Waals surface area contributed by atoms with Gasteiger partial charge in [0.2, 0.25) is 5.88 Å². The number of benzene rings is 1. The monoisotopic (exact) mass is 295 g/mol. The van der Waals surface area contributed by atoms with Gasteiger partial charge in [-0.3, -0.25) is 0 Å². The third-order valence-corrected chi connectivity index (χ3v) is 4.04. The van der Waals surface area contributed by atoms with Gasteiger partial charge in [0, 0.05) is 12.6 Å². The lowest BCUT2D eigenvalue weighted by Gasteiger charge is -2.06. The first-order chi connectivity index (χ1) is 9.51. The highest BCUT2D eigenvalue weighted by molar-refractivity contribution is 7.92. The van der Waals surface area contributed by atoms with Crippen molar-refractivity contribution in [3.63, 3.8) is 0 Å². The predicted molar refractivity (Wildman–Crippen MR) is 75.9 cm³/mol. The molecule has 1 aromatic heterocycles. The Morgan fingerprint density at radius 2 is 1.95 bits per heavy atom. The van der Waals surface area contributed by atoms with E-state index in [1.165, 1.54) is 6.07 Å². The molecule has 0 unspecified atom stereocenters. The molecule has 0 radical (unpaired) electrons. The lowest BCUT2D eigenvalue weighted by molar-refractivity contribution is 0.430. The average Bonchev–Trinajstić information content (AvgIpc) is 2.81. The Hall–Kier alpha value is -1.86. The van der Waals surface area contributed by atoms with Crippen LogP contribution in [0.4, 0.5) is 5.88 Å². The first-order valence-electron chi connectivity index (χ1n) is 6.27. The number of nitrogens with zero attached hydrogens (tertiary/aromatic N) is 1. The summed E-state index contributed by atoms with van der Waals surface area (Å²) in [7, 11) is -3.64. The maximum absolute atomic E-state index is 12.1. The van der Waals surface area contributed by atoms with E-state index in [2.05, 4.69) is 15.2 Å². The fourth-order valence-corrected chi connectivity index (χ4v) is 2.63. The molecule has 7 heteroatoms. The minimum Gasteiger partial charge on any atom is -0.338 e. The topological polar surface area (TPSA) is 84.2 Å². The van der Waals surface area contributed by atoms with Crippen LogP contribution in [-0.2, 0) is 16.6 Å². The summed E-state index contributed by atoms with van der Waals surface area (Å²) in [4.78, 5) is 0.187. The molecule has 2 aromatic rings. The van der Waals surface area contributed by atoms with Crippen LogP contribution in [-0.4, -0.2) is 20.1 Å². The van der Waals surface area contributed by atoms with Gasteiger partial charge in [-0.15, -0.1) is 0 Å². The first kappa shape index (κ1) is 14.5. The van der Waals surface area contributed by atoms with Crippen LogP contribution < -0.4 is 10.0 Å².